The monoisotopic (exact) mass is 203 g/mol. The molecule has 4 nitrogen and oxygen atoms in total. The maximum absolute atomic E-state index is 10.7. The topological polar surface area (TPSA) is 70.9 Å². The van der Waals surface area contributed by atoms with Crippen molar-refractivity contribution in [3.05, 3.63) is 35.5 Å². The molecule has 1 heterocycles. The number of aldehydes is 1. The van der Waals surface area contributed by atoms with Gasteiger partial charge in [-0.1, -0.05) is 0 Å². The van der Waals surface area contributed by atoms with Crippen LogP contribution in [-0.4, -0.2) is 17.8 Å². The summed E-state index contributed by atoms with van der Waals surface area (Å²) in [4.78, 5) is 13.8. The molecule has 78 valence electrons. The first kappa shape index (κ1) is 9.89. The second-order valence-corrected chi connectivity index (χ2v) is 3.44. The highest BCUT2D eigenvalue weighted by atomic mass is 16.1. The summed E-state index contributed by atoms with van der Waals surface area (Å²) in [5.41, 5.74) is 5.54. The molecule has 0 aliphatic heterocycles. The molecule has 0 radical (unpaired) electrons. The number of rotatable bonds is 4. The van der Waals surface area contributed by atoms with Gasteiger partial charge in [0, 0.05) is 29.2 Å². The van der Waals surface area contributed by atoms with Crippen LogP contribution in [0.1, 0.15) is 15.9 Å². The van der Waals surface area contributed by atoms with E-state index in [9.17, 15) is 4.79 Å². The molecule has 4 N–H and O–H groups in total. The Morgan fingerprint density at radius 3 is 3.07 bits per heavy atom. The van der Waals surface area contributed by atoms with Crippen molar-refractivity contribution in [2.24, 2.45) is 5.84 Å². The van der Waals surface area contributed by atoms with Crippen molar-refractivity contribution in [1.29, 1.82) is 0 Å². The number of carbonyl (C=O) groups is 1. The highest BCUT2D eigenvalue weighted by Gasteiger charge is 2.03. The Balaban J connectivity index is 2.42. The van der Waals surface area contributed by atoms with Crippen LogP contribution < -0.4 is 11.3 Å². The van der Waals surface area contributed by atoms with Crippen molar-refractivity contribution in [3.8, 4) is 0 Å². The van der Waals surface area contributed by atoms with Crippen LogP contribution in [-0.2, 0) is 6.42 Å². The number of aromatic nitrogens is 1. The number of benzene rings is 1. The van der Waals surface area contributed by atoms with Gasteiger partial charge in [0.2, 0.25) is 0 Å². The number of nitrogens with one attached hydrogen (secondary N) is 2. The Bertz CT molecular complexity index is 476. The third-order valence-corrected chi connectivity index (χ3v) is 2.47. The molecule has 2 aromatic rings. The van der Waals surface area contributed by atoms with Crippen LogP contribution in [0.15, 0.2) is 24.4 Å². The quantitative estimate of drug-likeness (QED) is 0.394. The summed E-state index contributed by atoms with van der Waals surface area (Å²) in [6.07, 6.45) is 3.66. The van der Waals surface area contributed by atoms with Gasteiger partial charge >= 0.3 is 0 Å². The second kappa shape index (κ2) is 4.25. The minimum Gasteiger partial charge on any atom is -0.361 e. The first-order chi connectivity index (χ1) is 7.35. The van der Waals surface area contributed by atoms with Crippen LogP contribution in [0.25, 0.3) is 10.9 Å². The highest BCUT2D eigenvalue weighted by molar-refractivity contribution is 5.89. The van der Waals surface area contributed by atoms with E-state index in [4.69, 9.17) is 5.84 Å². The molecule has 0 bridgehead atoms. The molecule has 1 aromatic heterocycles. The Hall–Kier alpha value is -1.65. The van der Waals surface area contributed by atoms with E-state index in [0.717, 1.165) is 30.2 Å². The molecular formula is C11H13N3O. The summed E-state index contributed by atoms with van der Waals surface area (Å²) < 4.78 is 0. The summed E-state index contributed by atoms with van der Waals surface area (Å²) in [6, 6.07) is 5.61. The zero-order valence-electron chi connectivity index (χ0n) is 8.29. The lowest BCUT2D eigenvalue weighted by molar-refractivity contribution is 0.112. The molecule has 1 aromatic carbocycles. The Morgan fingerprint density at radius 1 is 1.47 bits per heavy atom. The fourth-order valence-electron chi connectivity index (χ4n) is 1.68. The third-order valence-electron chi connectivity index (χ3n) is 2.47. The van der Waals surface area contributed by atoms with E-state index in [0.29, 0.717) is 5.56 Å². The number of H-pyrrole nitrogens is 1. The smallest absolute Gasteiger partial charge is 0.150 e. The normalized spacial score (nSPS) is 10.7. The van der Waals surface area contributed by atoms with Crippen molar-refractivity contribution in [2.45, 2.75) is 6.42 Å². The van der Waals surface area contributed by atoms with Crippen molar-refractivity contribution < 1.29 is 4.79 Å². The Labute approximate surface area is 87.4 Å². The number of hydrazine groups is 1. The minimum atomic E-state index is 0.698. The zero-order valence-corrected chi connectivity index (χ0v) is 8.29. The summed E-state index contributed by atoms with van der Waals surface area (Å²) in [7, 11) is 0. The molecule has 4 heteroatoms. The molecule has 0 unspecified atom stereocenters. The SMILES string of the molecule is NNCCc1c[nH]c2ccc(C=O)cc12. The van der Waals surface area contributed by atoms with E-state index in [2.05, 4.69) is 10.4 Å². The predicted octanol–water partition coefficient (Wildman–Crippen LogP) is 0.986. The van der Waals surface area contributed by atoms with Gasteiger partial charge < -0.3 is 4.98 Å². The van der Waals surface area contributed by atoms with E-state index < -0.39 is 0 Å². The average Bonchev–Trinajstić information content (AvgIpc) is 2.68. The van der Waals surface area contributed by atoms with Gasteiger partial charge in [-0.25, -0.2) is 0 Å². The van der Waals surface area contributed by atoms with Crippen LogP contribution in [0.5, 0.6) is 0 Å². The van der Waals surface area contributed by atoms with Gasteiger partial charge in [0.1, 0.15) is 6.29 Å². The highest BCUT2D eigenvalue weighted by Crippen LogP contribution is 2.19. The molecule has 0 aliphatic rings. The molecule has 0 aliphatic carbocycles. The van der Waals surface area contributed by atoms with Crippen LogP contribution in [0.4, 0.5) is 0 Å². The van der Waals surface area contributed by atoms with Crippen molar-refractivity contribution in [1.82, 2.24) is 10.4 Å². The fourth-order valence-corrected chi connectivity index (χ4v) is 1.68. The predicted molar refractivity (Wildman–Crippen MR) is 59.6 cm³/mol. The summed E-state index contributed by atoms with van der Waals surface area (Å²) in [5, 5.41) is 1.09. The number of hydrogen-bond acceptors (Lipinski definition) is 3. The molecule has 0 saturated carbocycles. The molecule has 0 atom stereocenters. The van der Waals surface area contributed by atoms with Gasteiger partial charge in [-0.2, -0.15) is 0 Å². The first-order valence-electron chi connectivity index (χ1n) is 4.84. The average molecular weight is 203 g/mol. The molecular weight excluding hydrogens is 190 g/mol. The van der Waals surface area contributed by atoms with Crippen LogP contribution in [0, 0.1) is 0 Å². The number of nitrogens with two attached hydrogens (primary N) is 1. The lowest BCUT2D eigenvalue weighted by Gasteiger charge is -1.98. The standard InChI is InChI=1S/C11H13N3O/c12-14-4-3-9-6-13-11-2-1-8(7-15)5-10(9)11/h1-2,5-7,13-14H,3-4,12H2. The van der Waals surface area contributed by atoms with Gasteiger partial charge in [-0.15, -0.1) is 0 Å². The van der Waals surface area contributed by atoms with Crippen LogP contribution in [0.3, 0.4) is 0 Å². The molecule has 0 spiro atoms. The molecule has 0 amide bonds. The second-order valence-electron chi connectivity index (χ2n) is 3.44. The van der Waals surface area contributed by atoms with Crippen LogP contribution in [0.2, 0.25) is 0 Å². The maximum Gasteiger partial charge on any atom is 0.150 e. The van der Waals surface area contributed by atoms with E-state index in [1.54, 1.807) is 6.07 Å². The Morgan fingerprint density at radius 2 is 2.33 bits per heavy atom. The zero-order chi connectivity index (χ0) is 10.7. The number of carbonyl (C=O) groups excluding carboxylic acids is 1. The molecule has 0 fully saturated rings. The van der Waals surface area contributed by atoms with Gasteiger partial charge in [-0.05, 0) is 30.2 Å². The minimum absolute atomic E-state index is 0.698. The molecule has 2 rings (SSSR count). The van der Waals surface area contributed by atoms with Crippen molar-refractivity contribution >= 4 is 17.2 Å². The van der Waals surface area contributed by atoms with Crippen molar-refractivity contribution in [3.63, 3.8) is 0 Å². The van der Waals surface area contributed by atoms with E-state index >= 15 is 0 Å². The van der Waals surface area contributed by atoms with Crippen LogP contribution >= 0.6 is 0 Å². The van der Waals surface area contributed by atoms with Gasteiger partial charge in [0.05, 0.1) is 0 Å². The fraction of sp³-hybridized carbons (Fsp3) is 0.182. The maximum atomic E-state index is 10.7. The number of hydrogen-bond donors (Lipinski definition) is 3. The van der Waals surface area contributed by atoms with Crippen molar-refractivity contribution in [2.75, 3.05) is 6.54 Å². The van der Waals surface area contributed by atoms with E-state index in [1.165, 1.54) is 5.56 Å². The lowest BCUT2D eigenvalue weighted by Crippen LogP contribution is -2.24. The summed E-state index contributed by atoms with van der Waals surface area (Å²) in [6.45, 7) is 0.721. The van der Waals surface area contributed by atoms with Gasteiger partial charge in [0.15, 0.2) is 0 Å². The number of aromatic amines is 1. The summed E-state index contributed by atoms with van der Waals surface area (Å²) >= 11 is 0. The molecule has 15 heavy (non-hydrogen) atoms. The van der Waals surface area contributed by atoms with Gasteiger partial charge in [0.25, 0.3) is 0 Å². The van der Waals surface area contributed by atoms with E-state index in [-0.39, 0.29) is 0 Å². The summed E-state index contributed by atoms with van der Waals surface area (Å²) in [5.74, 6) is 5.23. The van der Waals surface area contributed by atoms with Gasteiger partial charge in [-0.3, -0.25) is 16.1 Å². The first-order valence-corrected chi connectivity index (χ1v) is 4.84. The molecule has 0 saturated heterocycles. The number of fused-ring (bicyclic) bond motifs is 1. The van der Waals surface area contributed by atoms with E-state index in [1.807, 2.05) is 18.3 Å². The largest absolute Gasteiger partial charge is 0.361 e. The lowest BCUT2D eigenvalue weighted by atomic mass is 10.1. The Kier molecular flexibility index (Phi) is 2.80. The third kappa shape index (κ3) is 1.91.